The largest absolute Gasteiger partial charge is 0.451 e. The molecular weight excluding hydrogens is 454 g/mol. The third-order valence-electron chi connectivity index (χ3n) is 8.31. The number of nitro groups is 1. The minimum absolute atomic E-state index is 0.0434. The van der Waals surface area contributed by atoms with Crippen LogP contribution in [0.1, 0.15) is 51.9 Å². The number of nitro benzene ring substituents is 1. The summed E-state index contributed by atoms with van der Waals surface area (Å²) in [5, 5.41) is 23.7. The van der Waals surface area contributed by atoms with Crippen molar-refractivity contribution in [2.24, 2.45) is 23.2 Å². The number of amides is 2. The van der Waals surface area contributed by atoms with Crippen molar-refractivity contribution in [3.63, 3.8) is 0 Å². The lowest BCUT2D eigenvalue weighted by Gasteiger charge is -2.56. The van der Waals surface area contributed by atoms with Crippen molar-refractivity contribution in [3.05, 3.63) is 34.4 Å². The second-order valence-corrected chi connectivity index (χ2v) is 10.9. The van der Waals surface area contributed by atoms with Crippen LogP contribution >= 0.6 is 0 Å². The lowest BCUT2D eigenvalue weighted by molar-refractivity contribution is -0.384. The molecule has 1 saturated heterocycles. The van der Waals surface area contributed by atoms with Gasteiger partial charge in [0.1, 0.15) is 6.04 Å². The van der Waals surface area contributed by atoms with Gasteiger partial charge in [0.15, 0.2) is 6.10 Å². The number of likely N-dealkylation sites (tertiary alicyclic amines) is 1. The van der Waals surface area contributed by atoms with Gasteiger partial charge in [-0.1, -0.05) is 0 Å². The number of nitrogens with one attached hydrogen (secondary N) is 1. The number of β-amino-alcohol motifs (C(OH)–C–C–N with tert-alkyl or cyclic N) is 1. The number of carbonyl (C=O) groups is 3. The summed E-state index contributed by atoms with van der Waals surface area (Å²) >= 11 is 0. The van der Waals surface area contributed by atoms with Crippen molar-refractivity contribution < 1.29 is 29.2 Å². The molecule has 6 rings (SSSR count). The van der Waals surface area contributed by atoms with Crippen LogP contribution in [0.5, 0.6) is 0 Å². The van der Waals surface area contributed by atoms with Gasteiger partial charge in [0, 0.05) is 30.8 Å². The van der Waals surface area contributed by atoms with E-state index in [1.54, 1.807) is 0 Å². The molecule has 5 fully saturated rings. The lowest BCUT2D eigenvalue weighted by atomic mass is 9.49. The van der Waals surface area contributed by atoms with E-state index in [-0.39, 0.29) is 24.6 Å². The van der Waals surface area contributed by atoms with Gasteiger partial charge in [-0.05, 0) is 75.3 Å². The van der Waals surface area contributed by atoms with E-state index in [1.165, 1.54) is 55.4 Å². The molecule has 4 bridgehead atoms. The third kappa shape index (κ3) is 4.51. The predicted octanol–water partition coefficient (Wildman–Crippen LogP) is 2.64. The zero-order valence-corrected chi connectivity index (χ0v) is 19.7. The maximum atomic E-state index is 13.8. The van der Waals surface area contributed by atoms with E-state index in [0.29, 0.717) is 23.4 Å². The highest BCUT2D eigenvalue weighted by Crippen LogP contribution is 2.60. The predicted molar refractivity (Wildman–Crippen MR) is 124 cm³/mol. The summed E-state index contributed by atoms with van der Waals surface area (Å²) in [7, 11) is 0. The zero-order chi connectivity index (χ0) is 24.9. The molecule has 188 valence electrons. The number of rotatable bonds is 6. The van der Waals surface area contributed by atoms with E-state index in [2.05, 4.69) is 5.32 Å². The zero-order valence-electron chi connectivity index (χ0n) is 19.7. The molecule has 10 heteroatoms. The number of hydrogen-bond acceptors (Lipinski definition) is 7. The van der Waals surface area contributed by atoms with Gasteiger partial charge in [0.05, 0.1) is 16.4 Å². The van der Waals surface area contributed by atoms with Crippen LogP contribution in [0.15, 0.2) is 24.3 Å². The van der Waals surface area contributed by atoms with Crippen LogP contribution in [0, 0.1) is 33.3 Å². The summed E-state index contributed by atoms with van der Waals surface area (Å²) in [6, 6.07) is 4.40. The van der Waals surface area contributed by atoms with Crippen molar-refractivity contribution in [3.8, 4) is 0 Å². The molecule has 0 aromatic heterocycles. The molecule has 0 radical (unpaired) electrons. The number of esters is 1. The fourth-order valence-electron chi connectivity index (χ4n) is 7.16. The Hall–Kier alpha value is -3.01. The molecule has 4 saturated carbocycles. The first kappa shape index (κ1) is 23.7. The van der Waals surface area contributed by atoms with Crippen molar-refractivity contribution in [1.82, 2.24) is 4.90 Å². The molecule has 35 heavy (non-hydrogen) atoms. The SMILES string of the molecule is CC(OC(=O)[C@@H]1CC(O)CN1C(=O)C12CC3CC(CC(C3)C1)C2)C(=O)Nc1ccc([N+](=O)[O-])cc1. The van der Waals surface area contributed by atoms with Crippen molar-refractivity contribution in [2.75, 3.05) is 11.9 Å². The minimum atomic E-state index is -1.15. The molecule has 1 heterocycles. The summed E-state index contributed by atoms with van der Waals surface area (Å²) in [6.45, 7) is 1.53. The number of aliphatic hydroxyl groups excluding tert-OH is 1. The van der Waals surface area contributed by atoms with Crippen LogP contribution < -0.4 is 5.32 Å². The molecule has 1 aromatic rings. The maximum Gasteiger partial charge on any atom is 0.329 e. The Bertz CT molecular complexity index is 1000. The number of nitrogens with zero attached hydrogens (tertiary/aromatic N) is 2. The van der Waals surface area contributed by atoms with Gasteiger partial charge in [-0.2, -0.15) is 0 Å². The molecule has 10 nitrogen and oxygen atoms in total. The fraction of sp³-hybridized carbons (Fsp3) is 0.640. The first-order chi connectivity index (χ1) is 16.6. The van der Waals surface area contributed by atoms with E-state index >= 15 is 0 Å². The number of carbonyl (C=O) groups excluding carboxylic acids is 3. The molecule has 2 N–H and O–H groups in total. The molecule has 1 aliphatic heterocycles. The summed E-state index contributed by atoms with van der Waals surface area (Å²) in [6.07, 6.45) is 4.31. The molecule has 2 unspecified atom stereocenters. The normalized spacial score (nSPS) is 33.9. The van der Waals surface area contributed by atoms with Crippen LogP contribution in [0.25, 0.3) is 0 Å². The average Bonchev–Trinajstić information content (AvgIpc) is 3.19. The number of ether oxygens (including phenoxy) is 1. The number of aliphatic hydroxyl groups is 1. The second-order valence-electron chi connectivity index (χ2n) is 10.9. The molecular formula is C25H31N3O7. The lowest BCUT2D eigenvalue weighted by Crippen LogP contribution is -2.56. The Kier molecular flexibility index (Phi) is 6.03. The summed E-state index contributed by atoms with van der Waals surface area (Å²) in [4.78, 5) is 51.1. The molecule has 5 aliphatic rings. The Morgan fingerprint density at radius 2 is 1.66 bits per heavy atom. The molecule has 3 atom stereocenters. The summed E-state index contributed by atoms with van der Waals surface area (Å²) in [5.74, 6) is 0.387. The van der Waals surface area contributed by atoms with E-state index in [1.807, 2.05) is 0 Å². The highest BCUT2D eigenvalue weighted by Gasteiger charge is 2.57. The van der Waals surface area contributed by atoms with E-state index in [4.69, 9.17) is 4.74 Å². The minimum Gasteiger partial charge on any atom is -0.451 e. The van der Waals surface area contributed by atoms with Gasteiger partial charge < -0.3 is 20.1 Å². The van der Waals surface area contributed by atoms with Gasteiger partial charge in [0.25, 0.3) is 11.6 Å². The molecule has 4 aliphatic carbocycles. The van der Waals surface area contributed by atoms with E-state index in [0.717, 1.165) is 19.3 Å². The first-order valence-electron chi connectivity index (χ1n) is 12.4. The Morgan fingerprint density at radius 3 is 2.20 bits per heavy atom. The maximum absolute atomic E-state index is 13.8. The number of hydrogen-bond donors (Lipinski definition) is 2. The summed E-state index contributed by atoms with van der Waals surface area (Å²) < 4.78 is 5.41. The Labute approximate surface area is 203 Å². The Balaban J connectivity index is 1.23. The van der Waals surface area contributed by atoms with Crippen molar-refractivity contribution in [2.45, 2.75) is 70.1 Å². The number of anilines is 1. The van der Waals surface area contributed by atoms with Gasteiger partial charge in [-0.25, -0.2) is 4.79 Å². The first-order valence-corrected chi connectivity index (χ1v) is 12.4. The summed E-state index contributed by atoms with van der Waals surface area (Å²) in [5.41, 5.74) is -0.208. The smallest absolute Gasteiger partial charge is 0.329 e. The average molecular weight is 486 g/mol. The van der Waals surface area contributed by atoms with E-state index < -0.39 is 40.5 Å². The van der Waals surface area contributed by atoms with Gasteiger partial charge in [0.2, 0.25) is 5.91 Å². The van der Waals surface area contributed by atoms with Crippen LogP contribution in [-0.4, -0.2) is 57.5 Å². The standard InChI is InChI=1S/C25H31N3O7/c1-14(22(30)26-18-2-4-19(5-3-18)28(33)34)35-23(31)21-9-20(29)13-27(21)24(32)25-10-15-6-16(11-25)8-17(7-15)12-25/h2-5,14-17,20-21,29H,6-13H2,1H3,(H,26,30)/t14?,15?,16?,17?,20?,21-,25?/m0/s1. The van der Waals surface area contributed by atoms with E-state index in [9.17, 15) is 29.6 Å². The van der Waals surface area contributed by atoms with Crippen LogP contribution in [0.4, 0.5) is 11.4 Å². The topological polar surface area (TPSA) is 139 Å². The third-order valence-corrected chi connectivity index (χ3v) is 8.31. The number of non-ortho nitro benzene ring substituents is 1. The fourth-order valence-corrected chi connectivity index (χ4v) is 7.16. The van der Waals surface area contributed by atoms with Gasteiger partial charge in [-0.3, -0.25) is 19.7 Å². The van der Waals surface area contributed by atoms with Gasteiger partial charge >= 0.3 is 5.97 Å². The van der Waals surface area contributed by atoms with Crippen molar-refractivity contribution in [1.29, 1.82) is 0 Å². The van der Waals surface area contributed by atoms with Crippen LogP contribution in [-0.2, 0) is 19.1 Å². The van der Waals surface area contributed by atoms with Crippen LogP contribution in [0.2, 0.25) is 0 Å². The van der Waals surface area contributed by atoms with Gasteiger partial charge in [-0.15, -0.1) is 0 Å². The Morgan fingerprint density at radius 1 is 1.09 bits per heavy atom. The quantitative estimate of drug-likeness (QED) is 0.359. The van der Waals surface area contributed by atoms with Crippen molar-refractivity contribution >= 4 is 29.2 Å². The molecule has 2 amide bonds. The molecule has 1 aromatic carbocycles. The highest BCUT2D eigenvalue weighted by atomic mass is 16.6. The van der Waals surface area contributed by atoms with Crippen LogP contribution in [0.3, 0.4) is 0 Å². The highest BCUT2D eigenvalue weighted by molar-refractivity contribution is 5.96. The molecule has 0 spiro atoms. The monoisotopic (exact) mass is 485 g/mol. The second kappa shape index (κ2) is 8.89. The number of benzene rings is 1.